The van der Waals surface area contributed by atoms with Crippen molar-refractivity contribution in [3.63, 3.8) is 0 Å². The van der Waals surface area contributed by atoms with E-state index in [9.17, 15) is 4.39 Å². The summed E-state index contributed by atoms with van der Waals surface area (Å²) >= 11 is 0. The predicted molar refractivity (Wildman–Crippen MR) is 85.0 cm³/mol. The van der Waals surface area contributed by atoms with Gasteiger partial charge in [0.2, 0.25) is 0 Å². The zero-order valence-electron chi connectivity index (χ0n) is 12.4. The van der Waals surface area contributed by atoms with Crippen molar-refractivity contribution < 1.29 is 4.39 Å². The SMILES string of the molecule is CC(C)Cc1cccc(C(NN)c2cc(F)ccc2N)c1. The smallest absolute Gasteiger partial charge is 0.123 e. The molecule has 2 rings (SSSR count). The Morgan fingerprint density at radius 1 is 1.14 bits per heavy atom. The molecule has 1 unspecified atom stereocenters. The lowest BCUT2D eigenvalue weighted by molar-refractivity contribution is 0.605. The van der Waals surface area contributed by atoms with Gasteiger partial charge in [-0.3, -0.25) is 5.84 Å². The van der Waals surface area contributed by atoms with Gasteiger partial charge in [0.15, 0.2) is 0 Å². The summed E-state index contributed by atoms with van der Waals surface area (Å²) in [6.45, 7) is 4.35. The molecule has 0 amide bonds. The van der Waals surface area contributed by atoms with Crippen LogP contribution in [0, 0.1) is 11.7 Å². The van der Waals surface area contributed by atoms with E-state index in [1.54, 1.807) is 6.07 Å². The highest BCUT2D eigenvalue weighted by molar-refractivity contribution is 5.51. The largest absolute Gasteiger partial charge is 0.398 e. The Hall–Kier alpha value is -1.91. The van der Waals surface area contributed by atoms with Crippen LogP contribution in [0.5, 0.6) is 0 Å². The molecule has 0 saturated heterocycles. The van der Waals surface area contributed by atoms with Crippen LogP contribution in [0.3, 0.4) is 0 Å². The molecule has 2 aromatic carbocycles. The van der Waals surface area contributed by atoms with E-state index >= 15 is 0 Å². The quantitative estimate of drug-likeness (QED) is 0.449. The number of hydrazine groups is 1. The van der Waals surface area contributed by atoms with E-state index in [1.165, 1.54) is 17.7 Å². The molecule has 5 N–H and O–H groups in total. The summed E-state index contributed by atoms with van der Waals surface area (Å²) in [6, 6.07) is 12.2. The second-order valence-electron chi connectivity index (χ2n) is 5.72. The van der Waals surface area contributed by atoms with Crippen molar-refractivity contribution in [1.82, 2.24) is 5.43 Å². The number of halogens is 1. The second kappa shape index (κ2) is 6.70. The van der Waals surface area contributed by atoms with Crippen LogP contribution in [-0.4, -0.2) is 0 Å². The number of nitrogens with two attached hydrogens (primary N) is 2. The molecular formula is C17H22FN3. The van der Waals surface area contributed by atoms with Gasteiger partial charge in [-0.25, -0.2) is 9.82 Å². The molecule has 112 valence electrons. The third-order valence-corrected chi connectivity index (χ3v) is 3.45. The van der Waals surface area contributed by atoms with Crippen LogP contribution in [0.25, 0.3) is 0 Å². The highest BCUT2D eigenvalue weighted by Crippen LogP contribution is 2.27. The molecule has 4 heteroatoms. The van der Waals surface area contributed by atoms with Gasteiger partial charge in [-0.05, 0) is 41.7 Å². The normalized spacial score (nSPS) is 12.6. The summed E-state index contributed by atoms with van der Waals surface area (Å²) in [5.41, 5.74) is 12.1. The zero-order chi connectivity index (χ0) is 15.4. The molecule has 0 aliphatic carbocycles. The Morgan fingerprint density at radius 2 is 1.90 bits per heavy atom. The Bertz CT molecular complexity index is 611. The number of nitrogen functional groups attached to an aromatic ring is 1. The van der Waals surface area contributed by atoms with Crippen LogP contribution < -0.4 is 17.0 Å². The molecule has 21 heavy (non-hydrogen) atoms. The Kier molecular flexibility index (Phi) is 4.94. The van der Waals surface area contributed by atoms with Gasteiger partial charge in [-0.15, -0.1) is 0 Å². The van der Waals surface area contributed by atoms with Crippen LogP contribution in [0.2, 0.25) is 0 Å². The molecule has 2 aromatic rings. The molecular weight excluding hydrogens is 265 g/mol. The highest BCUT2D eigenvalue weighted by atomic mass is 19.1. The molecule has 0 bridgehead atoms. The number of hydrogen-bond acceptors (Lipinski definition) is 3. The van der Waals surface area contributed by atoms with Gasteiger partial charge in [-0.2, -0.15) is 0 Å². The van der Waals surface area contributed by atoms with Crippen LogP contribution >= 0.6 is 0 Å². The van der Waals surface area contributed by atoms with Gasteiger partial charge in [0.25, 0.3) is 0 Å². The lowest BCUT2D eigenvalue weighted by atomic mass is 9.94. The summed E-state index contributed by atoms with van der Waals surface area (Å²) in [5.74, 6) is 5.93. The first-order valence-corrected chi connectivity index (χ1v) is 7.11. The van der Waals surface area contributed by atoms with Gasteiger partial charge in [0, 0.05) is 11.3 Å². The molecule has 0 heterocycles. The van der Waals surface area contributed by atoms with Crippen molar-refractivity contribution in [1.29, 1.82) is 0 Å². The van der Waals surface area contributed by atoms with Gasteiger partial charge < -0.3 is 5.73 Å². The first-order valence-electron chi connectivity index (χ1n) is 7.11. The lowest BCUT2D eigenvalue weighted by Gasteiger charge is -2.20. The first-order chi connectivity index (χ1) is 10.0. The average molecular weight is 287 g/mol. The summed E-state index contributed by atoms with van der Waals surface area (Å²) in [7, 11) is 0. The summed E-state index contributed by atoms with van der Waals surface area (Å²) < 4.78 is 13.5. The monoisotopic (exact) mass is 287 g/mol. The average Bonchev–Trinajstić information content (AvgIpc) is 2.43. The molecule has 0 saturated carbocycles. The van der Waals surface area contributed by atoms with E-state index < -0.39 is 0 Å². The van der Waals surface area contributed by atoms with Crippen molar-refractivity contribution >= 4 is 5.69 Å². The maximum absolute atomic E-state index is 13.5. The molecule has 0 aliphatic heterocycles. The second-order valence-corrected chi connectivity index (χ2v) is 5.72. The van der Waals surface area contributed by atoms with E-state index in [0.717, 1.165) is 12.0 Å². The minimum atomic E-state index is -0.326. The van der Waals surface area contributed by atoms with Gasteiger partial charge in [0.1, 0.15) is 5.82 Å². The van der Waals surface area contributed by atoms with Crippen molar-refractivity contribution in [2.75, 3.05) is 5.73 Å². The summed E-state index contributed by atoms with van der Waals surface area (Å²) in [5, 5.41) is 0. The van der Waals surface area contributed by atoms with Gasteiger partial charge in [0.05, 0.1) is 6.04 Å². The Morgan fingerprint density at radius 3 is 2.57 bits per heavy atom. The van der Waals surface area contributed by atoms with Crippen LogP contribution in [0.15, 0.2) is 42.5 Å². The minimum absolute atomic E-state index is 0.321. The van der Waals surface area contributed by atoms with Crippen molar-refractivity contribution in [2.45, 2.75) is 26.3 Å². The molecule has 0 spiro atoms. The molecule has 0 aliphatic rings. The Balaban J connectivity index is 2.39. The van der Waals surface area contributed by atoms with Crippen LogP contribution in [0.4, 0.5) is 10.1 Å². The van der Waals surface area contributed by atoms with E-state index in [0.29, 0.717) is 17.2 Å². The van der Waals surface area contributed by atoms with Crippen molar-refractivity contribution in [2.24, 2.45) is 11.8 Å². The van der Waals surface area contributed by atoms with Gasteiger partial charge >= 0.3 is 0 Å². The number of rotatable bonds is 5. The van der Waals surface area contributed by atoms with E-state index in [1.807, 2.05) is 12.1 Å². The fraction of sp³-hybridized carbons (Fsp3) is 0.294. The van der Waals surface area contributed by atoms with E-state index in [-0.39, 0.29) is 11.9 Å². The topological polar surface area (TPSA) is 64.1 Å². The first kappa shape index (κ1) is 15.5. The summed E-state index contributed by atoms with van der Waals surface area (Å²) in [4.78, 5) is 0. The van der Waals surface area contributed by atoms with Crippen molar-refractivity contribution in [3.8, 4) is 0 Å². The number of nitrogens with one attached hydrogen (secondary N) is 1. The third kappa shape index (κ3) is 3.80. The van der Waals surface area contributed by atoms with Crippen LogP contribution in [0.1, 0.15) is 36.6 Å². The zero-order valence-corrected chi connectivity index (χ0v) is 12.4. The van der Waals surface area contributed by atoms with Crippen LogP contribution in [-0.2, 0) is 6.42 Å². The molecule has 0 aromatic heterocycles. The standard InChI is InChI=1S/C17H22FN3/c1-11(2)8-12-4-3-5-13(9-12)17(21-20)15-10-14(18)6-7-16(15)19/h3-7,9-11,17,21H,8,19-20H2,1-2H3. The fourth-order valence-electron chi connectivity index (χ4n) is 2.53. The highest BCUT2D eigenvalue weighted by Gasteiger charge is 2.16. The number of benzene rings is 2. The molecule has 0 fully saturated rings. The fourth-order valence-corrected chi connectivity index (χ4v) is 2.53. The predicted octanol–water partition coefficient (Wildman–Crippen LogP) is 3.16. The third-order valence-electron chi connectivity index (χ3n) is 3.45. The number of anilines is 1. The maximum atomic E-state index is 13.5. The van der Waals surface area contributed by atoms with E-state index in [2.05, 4.69) is 31.4 Å². The minimum Gasteiger partial charge on any atom is -0.398 e. The lowest BCUT2D eigenvalue weighted by Crippen LogP contribution is -2.29. The van der Waals surface area contributed by atoms with Gasteiger partial charge in [-0.1, -0.05) is 38.1 Å². The molecule has 0 radical (unpaired) electrons. The Labute approximate surface area is 125 Å². The van der Waals surface area contributed by atoms with E-state index in [4.69, 9.17) is 11.6 Å². The molecule has 1 atom stereocenters. The van der Waals surface area contributed by atoms with Crippen molar-refractivity contribution in [3.05, 3.63) is 65.0 Å². The maximum Gasteiger partial charge on any atom is 0.123 e. The molecule has 3 nitrogen and oxygen atoms in total. The number of hydrogen-bond donors (Lipinski definition) is 3. The summed E-state index contributed by atoms with van der Waals surface area (Å²) in [6.07, 6.45) is 0.990.